The van der Waals surface area contributed by atoms with Gasteiger partial charge in [0.1, 0.15) is 12.4 Å². The van der Waals surface area contributed by atoms with E-state index < -0.39 is 0 Å². The quantitative estimate of drug-likeness (QED) is 0.284. The van der Waals surface area contributed by atoms with Crippen LogP contribution >= 0.6 is 50.9 Å². The number of carbonyl (C=O) groups excluding carboxylic acids is 1. The number of amidine groups is 1. The summed E-state index contributed by atoms with van der Waals surface area (Å²) in [5, 5.41) is 3.83. The van der Waals surface area contributed by atoms with Crippen molar-refractivity contribution in [3.05, 3.63) is 91.0 Å². The third-order valence-corrected chi connectivity index (χ3v) is 7.17. The minimum absolute atomic E-state index is 0.247. The van der Waals surface area contributed by atoms with Crippen LogP contribution in [0.1, 0.15) is 18.1 Å². The number of hydrogen-bond donors (Lipinski definition) is 1. The number of amides is 1. The van der Waals surface area contributed by atoms with Crippen molar-refractivity contribution in [1.29, 1.82) is 0 Å². The fourth-order valence-electron chi connectivity index (χ4n) is 3.09. The molecule has 0 saturated carbocycles. The maximum atomic E-state index is 13.2. The summed E-state index contributed by atoms with van der Waals surface area (Å²) in [7, 11) is 0. The molecule has 5 nitrogen and oxygen atoms in total. The number of nitrogens with zero attached hydrogens (tertiary/aromatic N) is 1. The Morgan fingerprint density at radius 2 is 1.86 bits per heavy atom. The number of ether oxygens (including phenoxy) is 2. The van der Waals surface area contributed by atoms with Gasteiger partial charge < -0.3 is 14.8 Å². The van der Waals surface area contributed by atoms with E-state index in [1.807, 2.05) is 6.92 Å². The monoisotopic (exact) mass is 594 g/mol. The lowest BCUT2D eigenvalue weighted by molar-refractivity contribution is -0.115. The summed E-state index contributed by atoms with van der Waals surface area (Å²) < 4.78 is 25.5. The number of aliphatic imine (C=N–C) groups is 1. The highest BCUT2D eigenvalue weighted by Gasteiger charge is 2.25. The lowest BCUT2D eigenvalue weighted by atomic mass is 10.1. The molecule has 1 aliphatic heterocycles. The van der Waals surface area contributed by atoms with Gasteiger partial charge in [0.15, 0.2) is 16.7 Å². The predicted octanol–water partition coefficient (Wildman–Crippen LogP) is 7.76. The fourth-order valence-corrected chi connectivity index (χ4v) is 4.69. The summed E-state index contributed by atoms with van der Waals surface area (Å²) in [6.07, 6.45) is 1.73. The smallest absolute Gasteiger partial charge is 0.264 e. The van der Waals surface area contributed by atoms with Crippen molar-refractivity contribution in [2.24, 2.45) is 4.99 Å². The van der Waals surface area contributed by atoms with E-state index in [1.54, 1.807) is 48.5 Å². The van der Waals surface area contributed by atoms with Gasteiger partial charge in [-0.05, 0) is 72.3 Å². The molecule has 1 saturated heterocycles. The molecule has 1 aliphatic rings. The van der Waals surface area contributed by atoms with E-state index in [0.29, 0.717) is 48.4 Å². The number of hydrogen-bond acceptors (Lipinski definition) is 5. The van der Waals surface area contributed by atoms with E-state index in [4.69, 9.17) is 32.7 Å². The second-order valence-electron chi connectivity index (χ2n) is 7.22. The summed E-state index contributed by atoms with van der Waals surface area (Å²) in [5.74, 6) is 0.453. The van der Waals surface area contributed by atoms with E-state index >= 15 is 0 Å². The Bertz CT molecular complexity index is 1330. The highest BCUT2D eigenvalue weighted by molar-refractivity contribution is 9.10. The molecule has 1 N–H and O–H groups in total. The van der Waals surface area contributed by atoms with Crippen molar-refractivity contribution >= 4 is 73.7 Å². The molecule has 0 unspecified atom stereocenters. The SMILES string of the molecule is CCOc1cc(/C=C2/SC(=Nc3cccc(Cl)c3Cl)NC2=O)c(Br)cc1OCc1ccc(F)cc1. The number of benzene rings is 3. The molecule has 35 heavy (non-hydrogen) atoms. The molecule has 1 amide bonds. The van der Waals surface area contributed by atoms with Crippen LogP contribution in [0, 0.1) is 5.82 Å². The van der Waals surface area contributed by atoms with E-state index in [9.17, 15) is 9.18 Å². The fraction of sp³-hybridized carbons (Fsp3) is 0.120. The normalized spacial score (nSPS) is 15.5. The first-order chi connectivity index (χ1) is 16.8. The maximum Gasteiger partial charge on any atom is 0.264 e. The molecule has 4 rings (SSSR count). The first-order valence-electron chi connectivity index (χ1n) is 10.4. The molecule has 0 radical (unpaired) electrons. The zero-order chi connectivity index (χ0) is 24.9. The van der Waals surface area contributed by atoms with Crippen molar-refractivity contribution in [3.8, 4) is 11.5 Å². The van der Waals surface area contributed by atoms with Gasteiger partial charge >= 0.3 is 0 Å². The van der Waals surface area contributed by atoms with E-state index in [2.05, 4.69) is 26.2 Å². The number of nitrogens with one attached hydrogen (secondary N) is 1. The lowest BCUT2D eigenvalue weighted by Crippen LogP contribution is -2.19. The van der Waals surface area contributed by atoms with Crippen LogP contribution in [-0.2, 0) is 11.4 Å². The summed E-state index contributed by atoms with van der Waals surface area (Å²) in [6, 6.07) is 14.8. The molecule has 10 heteroatoms. The van der Waals surface area contributed by atoms with E-state index in [-0.39, 0.29) is 18.3 Å². The zero-order valence-electron chi connectivity index (χ0n) is 18.3. The van der Waals surface area contributed by atoms with Gasteiger partial charge in [-0.3, -0.25) is 4.79 Å². The first kappa shape index (κ1) is 25.6. The van der Waals surface area contributed by atoms with Gasteiger partial charge in [-0.2, -0.15) is 0 Å². The lowest BCUT2D eigenvalue weighted by Gasteiger charge is -2.14. The van der Waals surface area contributed by atoms with E-state index in [0.717, 1.165) is 11.1 Å². The van der Waals surface area contributed by atoms with Crippen LogP contribution in [0.2, 0.25) is 10.0 Å². The van der Waals surface area contributed by atoms with Gasteiger partial charge in [0, 0.05) is 4.47 Å². The van der Waals surface area contributed by atoms with Crippen LogP contribution in [0.4, 0.5) is 10.1 Å². The highest BCUT2D eigenvalue weighted by atomic mass is 79.9. The highest BCUT2D eigenvalue weighted by Crippen LogP contribution is 2.38. The van der Waals surface area contributed by atoms with Crippen molar-refractivity contribution in [2.45, 2.75) is 13.5 Å². The van der Waals surface area contributed by atoms with Crippen molar-refractivity contribution in [3.63, 3.8) is 0 Å². The molecule has 1 fully saturated rings. The maximum absolute atomic E-state index is 13.2. The summed E-state index contributed by atoms with van der Waals surface area (Å²) in [5.41, 5.74) is 2.01. The van der Waals surface area contributed by atoms with Crippen molar-refractivity contribution in [1.82, 2.24) is 5.32 Å². The van der Waals surface area contributed by atoms with Crippen LogP contribution in [0.25, 0.3) is 6.08 Å². The number of carbonyl (C=O) groups is 1. The molecular weight excluding hydrogens is 578 g/mol. The van der Waals surface area contributed by atoms with Crippen LogP contribution in [0.5, 0.6) is 11.5 Å². The molecule has 0 aromatic heterocycles. The molecule has 0 atom stereocenters. The topological polar surface area (TPSA) is 59.9 Å². The Kier molecular flexibility index (Phi) is 8.38. The Balaban J connectivity index is 1.57. The van der Waals surface area contributed by atoms with Crippen LogP contribution in [0.3, 0.4) is 0 Å². The average Bonchev–Trinajstić information content (AvgIpc) is 3.17. The van der Waals surface area contributed by atoms with Gasteiger partial charge in [-0.25, -0.2) is 9.38 Å². The molecule has 180 valence electrons. The largest absolute Gasteiger partial charge is 0.490 e. The van der Waals surface area contributed by atoms with Gasteiger partial charge in [0.2, 0.25) is 0 Å². The van der Waals surface area contributed by atoms with Crippen LogP contribution in [0.15, 0.2) is 69.0 Å². The second-order valence-corrected chi connectivity index (χ2v) is 9.89. The summed E-state index contributed by atoms with van der Waals surface area (Å²) in [4.78, 5) is 17.4. The van der Waals surface area contributed by atoms with E-state index in [1.165, 1.54) is 23.9 Å². The molecule has 0 bridgehead atoms. The van der Waals surface area contributed by atoms with Crippen molar-refractivity contribution < 1.29 is 18.7 Å². The van der Waals surface area contributed by atoms with Gasteiger partial charge in [0.25, 0.3) is 5.91 Å². The zero-order valence-corrected chi connectivity index (χ0v) is 22.2. The average molecular weight is 596 g/mol. The number of thioether (sulfide) groups is 1. The summed E-state index contributed by atoms with van der Waals surface area (Å²) >= 11 is 17.0. The Labute approximate surface area is 224 Å². The van der Waals surface area contributed by atoms with Crippen LogP contribution < -0.4 is 14.8 Å². The van der Waals surface area contributed by atoms with Crippen molar-refractivity contribution in [2.75, 3.05) is 6.61 Å². The molecule has 0 aliphatic carbocycles. The minimum atomic E-state index is -0.304. The van der Waals surface area contributed by atoms with Gasteiger partial charge in [-0.1, -0.05) is 57.3 Å². The standard InChI is InChI=1S/C25H18BrCl2FN2O3S/c1-2-33-20-10-15(17(26)12-21(20)34-13-14-6-8-16(29)9-7-14)11-22-24(32)31-25(35-22)30-19-5-3-4-18(27)23(19)28/h3-12H,2,13H2,1H3,(H,30,31,32)/b22-11+. The third-order valence-electron chi connectivity index (χ3n) is 4.76. The number of halogens is 4. The predicted molar refractivity (Wildman–Crippen MR) is 143 cm³/mol. The molecule has 3 aromatic carbocycles. The van der Waals surface area contributed by atoms with Crippen LogP contribution in [-0.4, -0.2) is 17.7 Å². The number of rotatable bonds is 7. The summed E-state index contributed by atoms with van der Waals surface area (Å²) in [6.45, 7) is 2.54. The van der Waals surface area contributed by atoms with Gasteiger partial charge in [-0.15, -0.1) is 0 Å². The molecule has 0 spiro atoms. The second kappa shape index (κ2) is 11.5. The molecular formula is C25H18BrCl2FN2O3S. The first-order valence-corrected chi connectivity index (χ1v) is 12.8. The Morgan fingerprint density at radius 1 is 1.11 bits per heavy atom. The molecule has 3 aromatic rings. The third kappa shape index (κ3) is 6.38. The Hall–Kier alpha value is -2.52. The Morgan fingerprint density at radius 3 is 2.60 bits per heavy atom. The van der Waals surface area contributed by atoms with Gasteiger partial charge in [0.05, 0.1) is 27.2 Å². The minimum Gasteiger partial charge on any atom is -0.490 e. The molecule has 1 heterocycles.